The molecule has 3 heteroatoms. The number of benzene rings is 1. The van der Waals surface area contributed by atoms with Crippen LogP contribution in [0, 0.1) is 0 Å². The number of aliphatic hydroxyl groups excluding tert-OH is 1. The molecule has 0 atom stereocenters. The number of carbonyl (C=O) groups excluding carboxylic acids is 1. The topological polar surface area (TPSA) is 46.5 Å². The third kappa shape index (κ3) is 5.86. The zero-order valence-electron chi connectivity index (χ0n) is 14.0. The number of ketones is 1. The van der Waals surface area contributed by atoms with Crippen molar-refractivity contribution in [3.05, 3.63) is 52.6 Å². The van der Waals surface area contributed by atoms with Crippen molar-refractivity contribution in [2.45, 2.75) is 40.0 Å². The van der Waals surface area contributed by atoms with Gasteiger partial charge in [-0.05, 0) is 63.8 Å². The lowest BCUT2D eigenvalue weighted by Gasteiger charge is -2.09. The fourth-order valence-corrected chi connectivity index (χ4v) is 2.18. The van der Waals surface area contributed by atoms with Gasteiger partial charge in [-0.3, -0.25) is 4.79 Å². The predicted octanol–water partition coefficient (Wildman–Crippen LogP) is 4.11. The Labute approximate surface area is 133 Å². The van der Waals surface area contributed by atoms with E-state index in [1.54, 1.807) is 25.3 Å². The highest BCUT2D eigenvalue weighted by Gasteiger charge is 2.08. The second-order valence-electron chi connectivity index (χ2n) is 5.68. The summed E-state index contributed by atoms with van der Waals surface area (Å²) in [7, 11) is 1.62. The van der Waals surface area contributed by atoms with Crippen molar-refractivity contribution in [2.24, 2.45) is 0 Å². The van der Waals surface area contributed by atoms with E-state index in [4.69, 9.17) is 9.84 Å². The van der Waals surface area contributed by atoms with Crippen molar-refractivity contribution < 1.29 is 14.6 Å². The summed E-state index contributed by atoms with van der Waals surface area (Å²) in [6, 6.07) is 5.27. The van der Waals surface area contributed by atoms with Gasteiger partial charge in [-0.2, -0.15) is 0 Å². The largest absolute Gasteiger partial charge is 0.496 e. The molecule has 0 aliphatic heterocycles. The molecule has 0 heterocycles. The number of hydrogen-bond donors (Lipinski definition) is 1. The maximum absolute atomic E-state index is 11.6. The van der Waals surface area contributed by atoms with E-state index in [2.05, 4.69) is 32.9 Å². The van der Waals surface area contributed by atoms with Crippen LogP contribution in [-0.2, 0) is 6.42 Å². The quantitative estimate of drug-likeness (QED) is 0.581. The van der Waals surface area contributed by atoms with Gasteiger partial charge in [0.15, 0.2) is 5.78 Å². The number of Topliss-reactive ketones (excluding diaryl/α,β-unsaturated/α-hetero) is 1. The Kier molecular flexibility index (Phi) is 7.61. The van der Waals surface area contributed by atoms with E-state index in [1.165, 1.54) is 11.1 Å². The number of aliphatic hydroxyl groups is 1. The number of methoxy groups -OCH3 is 1. The zero-order chi connectivity index (χ0) is 16.5. The zero-order valence-corrected chi connectivity index (χ0v) is 14.0. The first-order valence-electron chi connectivity index (χ1n) is 7.58. The Hall–Kier alpha value is -1.87. The van der Waals surface area contributed by atoms with E-state index in [-0.39, 0.29) is 5.78 Å². The standard InChI is InChI=1S/C19H26O3/c1-14(2)6-5-7-15(3)8-9-17-12-16(18(21)13-20)10-11-19(17)22-4/h6,8,10-12,20H,5,7,9,13H2,1-4H3/b15-8+. The normalized spacial score (nSPS) is 11.2. The number of carbonyl (C=O) groups is 1. The smallest absolute Gasteiger partial charge is 0.188 e. The van der Waals surface area contributed by atoms with Crippen molar-refractivity contribution in [1.29, 1.82) is 0 Å². The second kappa shape index (κ2) is 9.21. The Bertz CT molecular complexity index is 564. The fourth-order valence-electron chi connectivity index (χ4n) is 2.18. The molecule has 1 N–H and O–H groups in total. The van der Waals surface area contributed by atoms with Gasteiger partial charge in [-0.15, -0.1) is 0 Å². The highest BCUT2D eigenvalue weighted by Crippen LogP contribution is 2.22. The molecule has 0 spiro atoms. The maximum Gasteiger partial charge on any atom is 0.188 e. The number of rotatable bonds is 8. The first kappa shape index (κ1) is 18.2. The maximum atomic E-state index is 11.6. The summed E-state index contributed by atoms with van der Waals surface area (Å²) in [4.78, 5) is 11.6. The molecule has 0 aliphatic carbocycles. The van der Waals surface area contributed by atoms with Gasteiger partial charge in [-0.1, -0.05) is 23.3 Å². The average molecular weight is 302 g/mol. The molecule has 0 aliphatic rings. The van der Waals surface area contributed by atoms with Crippen molar-refractivity contribution in [3.8, 4) is 5.75 Å². The molecule has 1 aromatic rings. The molecule has 3 nitrogen and oxygen atoms in total. The van der Waals surface area contributed by atoms with E-state index in [9.17, 15) is 4.79 Å². The molecule has 120 valence electrons. The summed E-state index contributed by atoms with van der Waals surface area (Å²) in [5.74, 6) is 0.496. The van der Waals surface area contributed by atoms with Crippen molar-refractivity contribution in [3.63, 3.8) is 0 Å². The third-order valence-electron chi connectivity index (χ3n) is 3.51. The molecule has 0 unspecified atom stereocenters. The SMILES string of the molecule is COc1ccc(C(=O)CO)cc1C/C=C(\C)CCC=C(C)C. The van der Waals surface area contributed by atoms with Crippen LogP contribution in [0.5, 0.6) is 5.75 Å². The molecule has 0 saturated heterocycles. The van der Waals surface area contributed by atoms with Gasteiger partial charge in [0.1, 0.15) is 12.4 Å². The van der Waals surface area contributed by atoms with Gasteiger partial charge in [0.2, 0.25) is 0 Å². The summed E-state index contributed by atoms with van der Waals surface area (Å²) >= 11 is 0. The lowest BCUT2D eigenvalue weighted by atomic mass is 10.0. The molecule has 0 amide bonds. The molecule has 0 saturated carbocycles. The Balaban J connectivity index is 2.82. The summed E-state index contributed by atoms with van der Waals surface area (Å²) in [5, 5.41) is 8.97. The van der Waals surface area contributed by atoms with Gasteiger partial charge in [-0.25, -0.2) is 0 Å². The summed E-state index contributed by atoms with van der Waals surface area (Å²) < 4.78 is 5.35. The van der Waals surface area contributed by atoms with Gasteiger partial charge in [0.05, 0.1) is 7.11 Å². The number of ether oxygens (including phenoxy) is 1. The summed E-state index contributed by atoms with van der Waals surface area (Å²) in [6.07, 6.45) is 7.20. The highest BCUT2D eigenvalue weighted by atomic mass is 16.5. The molecule has 0 fully saturated rings. The molecular weight excluding hydrogens is 276 g/mol. The number of hydrogen-bond acceptors (Lipinski definition) is 3. The minimum absolute atomic E-state index is 0.270. The van der Waals surface area contributed by atoms with Crippen LogP contribution >= 0.6 is 0 Å². The molecular formula is C19H26O3. The molecule has 1 rings (SSSR count). The summed E-state index contributed by atoms with van der Waals surface area (Å²) in [5.41, 5.74) is 4.14. The van der Waals surface area contributed by atoms with Crippen LogP contribution < -0.4 is 4.74 Å². The predicted molar refractivity (Wildman–Crippen MR) is 90.5 cm³/mol. The molecule has 0 aromatic heterocycles. The van der Waals surface area contributed by atoms with Crippen LogP contribution in [0.1, 0.15) is 49.5 Å². The van der Waals surface area contributed by atoms with Crippen LogP contribution in [0.25, 0.3) is 0 Å². The van der Waals surface area contributed by atoms with E-state index in [1.807, 2.05) is 0 Å². The molecule has 1 aromatic carbocycles. The van der Waals surface area contributed by atoms with E-state index in [0.717, 1.165) is 30.6 Å². The van der Waals surface area contributed by atoms with Crippen molar-refractivity contribution in [2.75, 3.05) is 13.7 Å². The van der Waals surface area contributed by atoms with E-state index < -0.39 is 6.61 Å². The van der Waals surface area contributed by atoms with Crippen LogP contribution in [0.2, 0.25) is 0 Å². The molecule has 0 radical (unpaired) electrons. The molecule has 22 heavy (non-hydrogen) atoms. The second-order valence-corrected chi connectivity index (χ2v) is 5.68. The first-order valence-corrected chi connectivity index (χ1v) is 7.58. The minimum atomic E-state index is -0.469. The van der Waals surface area contributed by atoms with Crippen LogP contribution in [0.4, 0.5) is 0 Å². The van der Waals surface area contributed by atoms with Crippen molar-refractivity contribution in [1.82, 2.24) is 0 Å². The lowest BCUT2D eigenvalue weighted by molar-refractivity contribution is 0.0903. The Morgan fingerprint density at radius 3 is 2.55 bits per heavy atom. The van der Waals surface area contributed by atoms with Crippen LogP contribution in [0.3, 0.4) is 0 Å². The average Bonchev–Trinajstić information content (AvgIpc) is 2.51. The van der Waals surface area contributed by atoms with Crippen LogP contribution in [0.15, 0.2) is 41.5 Å². The molecule has 0 bridgehead atoms. The Morgan fingerprint density at radius 1 is 1.23 bits per heavy atom. The summed E-state index contributed by atoms with van der Waals surface area (Å²) in [6.45, 7) is 5.86. The van der Waals surface area contributed by atoms with E-state index in [0.29, 0.717) is 5.56 Å². The third-order valence-corrected chi connectivity index (χ3v) is 3.51. The van der Waals surface area contributed by atoms with Gasteiger partial charge in [0, 0.05) is 5.56 Å². The fraction of sp³-hybridized carbons (Fsp3) is 0.421. The first-order chi connectivity index (χ1) is 10.5. The van der Waals surface area contributed by atoms with Crippen LogP contribution in [-0.4, -0.2) is 24.6 Å². The lowest BCUT2D eigenvalue weighted by Crippen LogP contribution is -2.05. The van der Waals surface area contributed by atoms with Gasteiger partial charge >= 0.3 is 0 Å². The van der Waals surface area contributed by atoms with Crippen molar-refractivity contribution >= 4 is 5.78 Å². The van der Waals surface area contributed by atoms with Gasteiger partial charge < -0.3 is 9.84 Å². The number of allylic oxidation sites excluding steroid dienone is 4. The monoisotopic (exact) mass is 302 g/mol. The van der Waals surface area contributed by atoms with Gasteiger partial charge in [0.25, 0.3) is 0 Å². The van der Waals surface area contributed by atoms with E-state index >= 15 is 0 Å². The highest BCUT2D eigenvalue weighted by molar-refractivity contribution is 5.97. The Morgan fingerprint density at radius 2 is 1.95 bits per heavy atom. The minimum Gasteiger partial charge on any atom is -0.496 e.